The van der Waals surface area contributed by atoms with E-state index in [1.807, 2.05) is 50.3 Å². The van der Waals surface area contributed by atoms with E-state index >= 15 is 0 Å². The van der Waals surface area contributed by atoms with Gasteiger partial charge in [-0.15, -0.1) is 0 Å². The molecule has 2 aliphatic rings. The molecule has 0 spiro atoms. The van der Waals surface area contributed by atoms with Crippen molar-refractivity contribution in [2.75, 3.05) is 6.61 Å². The van der Waals surface area contributed by atoms with Crippen LogP contribution in [0.25, 0.3) is 0 Å². The van der Waals surface area contributed by atoms with Crippen LogP contribution in [0.1, 0.15) is 26.7 Å². The first kappa shape index (κ1) is 14.5. The van der Waals surface area contributed by atoms with Crippen molar-refractivity contribution in [1.82, 2.24) is 0 Å². The summed E-state index contributed by atoms with van der Waals surface area (Å²) in [4.78, 5) is 12.3. The molecule has 3 nitrogen and oxygen atoms in total. The Morgan fingerprint density at radius 3 is 2.65 bits per heavy atom. The van der Waals surface area contributed by atoms with Crippen LogP contribution >= 0.6 is 0 Å². The molecule has 0 radical (unpaired) electrons. The molecule has 0 fully saturated rings. The van der Waals surface area contributed by atoms with E-state index < -0.39 is 0 Å². The second-order valence-corrected chi connectivity index (χ2v) is 4.73. The van der Waals surface area contributed by atoms with Gasteiger partial charge in [0.1, 0.15) is 5.76 Å². The highest BCUT2D eigenvalue weighted by molar-refractivity contribution is 5.91. The highest BCUT2D eigenvalue weighted by atomic mass is 16.5. The summed E-state index contributed by atoms with van der Waals surface area (Å²) in [5, 5.41) is 0. The van der Waals surface area contributed by atoms with Gasteiger partial charge >= 0.3 is 5.97 Å². The van der Waals surface area contributed by atoms with Gasteiger partial charge in [0.25, 0.3) is 0 Å². The van der Waals surface area contributed by atoms with Gasteiger partial charge in [0, 0.05) is 13.0 Å². The van der Waals surface area contributed by atoms with Gasteiger partial charge in [-0.25, -0.2) is 4.79 Å². The minimum absolute atomic E-state index is 0.274. The minimum atomic E-state index is -0.325. The number of carbonyl (C=O) groups excluding carboxylic acids is 1. The largest absolute Gasteiger partial charge is 0.427 e. The number of ether oxygens (including phenoxy) is 2. The summed E-state index contributed by atoms with van der Waals surface area (Å²) in [5.41, 5.74) is 1.66. The van der Waals surface area contributed by atoms with Crippen molar-refractivity contribution in [2.45, 2.75) is 32.8 Å². The maximum Gasteiger partial charge on any atom is 0.341 e. The molecular weight excluding hydrogens is 252 g/mol. The van der Waals surface area contributed by atoms with Crippen LogP contribution in [0, 0.1) is 0 Å². The minimum Gasteiger partial charge on any atom is -0.427 e. The second-order valence-electron chi connectivity index (χ2n) is 4.73. The molecule has 0 aromatic heterocycles. The molecule has 0 aromatic carbocycles. The zero-order valence-corrected chi connectivity index (χ0v) is 12.0. The van der Waals surface area contributed by atoms with Crippen LogP contribution in [-0.4, -0.2) is 18.7 Å². The normalized spacial score (nSPS) is 19.0. The topological polar surface area (TPSA) is 35.5 Å². The van der Waals surface area contributed by atoms with Crippen molar-refractivity contribution in [3.8, 4) is 0 Å². The summed E-state index contributed by atoms with van der Waals surface area (Å²) < 4.78 is 11.0. The van der Waals surface area contributed by atoms with E-state index in [0.29, 0.717) is 24.4 Å². The van der Waals surface area contributed by atoms with Gasteiger partial charge in [0.05, 0.1) is 11.7 Å². The Labute approximate surface area is 120 Å². The lowest BCUT2D eigenvalue weighted by Crippen LogP contribution is -2.20. The van der Waals surface area contributed by atoms with Gasteiger partial charge in [-0.3, -0.25) is 0 Å². The fraction of sp³-hybridized carbons (Fsp3) is 0.353. The van der Waals surface area contributed by atoms with Gasteiger partial charge in [0.15, 0.2) is 0 Å². The molecule has 0 aromatic rings. The number of hydrogen-bond acceptors (Lipinski definition) is 3. The molecule has 106 valence electrons. The van der Waals surface area contributed by atoms with Crippen LogP contribution < -0.4 is 0 Å². The Morgan fingerprint density at radius 2 is 2.05 bits per heavy atom. The summed E-state index contributed by atoms with van der Waals surface area (Å²) in [6.45, 7) is 4.35. The molecule has 1 atom stereocenters. The van der Waals surface area contributed by atoms with E-state index in [1.54, 1.807) is 0 Å². The number of rotatable bonds is 6. The van der Waals surface area contributed by atoms with E-state index in [0.717, 1.165) is 12.0 Å². The lowest BCUT2D eigenvalue weighted by Gasteiger charge is -2.16. The standard InChI is InChI=1S/C17H20O3/c1-3-19-13(2)16(12-14-8-4-5-9-14)17(18)20-15-10-6-7-11-15/h4-8,10,12-13H,3,9,11H2,1-2H3. The molecule has 0 bridgehead atoms. The van der Waals surface area contributed by atoms with Crippen LogP contribution in [0.5, 0.6) is 0 Å². The van der Waals surface area contributed by atoms with E-state index in [9.17, 15) is 4.79 Å². The maximum absolute atomic E-state index is 12.3. The molecule has 3 heteroatoms. The van der Waals surface area contributed by atoms with Crippen molar-refractivity contribution in [1.29, 1.82) is 0 Å². The van der Waals surface area contributed by atoms with Gasteiger partial charge in [-0.1, -0.05) is 30.4 Å². The Hall–Kier alpha value is -1.87. The summed E-state index contributed by atoms with van der Waals surface area (Å²) in [6.07, 6.45) is 14.8. The lowest BCUT2D eigenvalue weighted by molar-refractivity contribution is -0.136. The van der Waals surface area contributed by atoms with E-state index in [4.69, 9.17) is 9.47 Å². The van der Waals surface area contributed by atoms with Crippen molar-refractivity contribution in [3.63, 3.8) is 0 Å². The molecule has 1 unspecified atom stereocenters. The Kier molecular flexibility index (Phi) is 5.13. The molecule has 20 heavy (non-hydrogen) atoms. The maximum atomic E-state index is 12.3. The van der Waals surface area contributed by atoms with Crippen molar-refractivity contribution < 1.29 is 14.3 Å². The van der Waals surface area contributed by atoms with Gasteiger partial charge < -0.3 is 9.47 Å². The summed E-state index contributed by atoms with van der Waals surface area (Å²) in [5.74, 6) is 0.358. The first-order valence-electron chi connectivity index (χ1n) is 6.97. The zero-order chi connectivity index (χ0) is 14.4. The Morgan fingerprint density at radius 1 is 1.30 bits per heavy atom. The Bertz CT molecular complexity index is 518. The van der Waals surface area contributed by atoms with Crippen LogP contribution in [-0.2, 0) is 14.3 Å². The molecule has 2 aliphatic carbocycles. The van der Waals surface area contributed by atoms with Gasteiger partial charge in [-0.05, 0) is 38.0 Å². The molecule has 0 N–H and O–H groups in total. The molecular formula is C17H20O3. The average Bonchev–Trinajstić information content (AvgIpc) is 3.08. The van der Waals surface area contributed by atoms with Crippen LogP contribution in [0.2, 0.25) is 0 Å². The SMILES string of the molecule is CCOC(C)C(=CC1=CC=CC1)C(=O)OC1=CC=CC1. The predicted octanol–water partition coefficient (Wildman–Crippen LogP) is 3.61. The highest BCUT2D eigenvalue weighted by Crippen LogP contribution is 2.20. The first-order valence-corrected chi connectivity index (χ1v) is 6.97. The Balaban J connectivity index is 2.10. The second kappa shape index (κ2) is 7.06. The zero-order valence-electron chi connectivity index (χ0n) is 12.0. The number of allylic oxidation sites excluding steroid dienone is 8. The molecule has 0 amide bonds. The van der Waals surface area contributed by atoms with E-state index in [2.05, 4.69) is 6.08 Å². The summed E-state index contributed by atoms with van der Waals surface area (Å²) in [6, 6.07) is 0. The quantitative estimate of drug-likeness (QED) is 0.547. The van der Waals surface area contributed by atoms with Crippen molar-refractivity contribution >= 4 is 5.97 Å². The third-order valence-electron chi connectivity index (χ3n) is 3.19. The molecule has 0 saturated carbocycles. The molecule has 0 saturated heterocycles. The van der Waals surface area contributed by atoms with Crippen molar-refractivity contribution in [3.05, 3.63) is 59.4 Å². The average molecular weight is 272 g/mol. The van der Waals surface area contributed by atoms with Gasteiger partial charge in [0.2, 0.25) is 0 Å². The predicted molar refractivity (Wildman–Crippen MR) is 78.9 cm³/mol. The van der Waals surface area contributed by atoms with E-state index in [-0.39, 0.29) is 12.1 Å². The number of carbonyl (C=O) groups is 1. The monoisotopic (exact) mass is 272 g/mol. The van der Waals surface area contributed by atoms with Crippen LogP contribution in [0.4, 0.5) is 0 Å². The molecule has 0 heterocycles. The number of esters is 1. The first-order chi connectivity index (χ1) is 9.70. The lowest BCUT2D eigenvalue weighted by atomic mass is 10.1. The fourth-order valence-corrected chi connectivity index (χ4v) is 2.13. The van der Waals surface area contributed by atoms with E-state index in [1.165, 1.54) is 0 Å². The van der Waals surface area contributed by atoms with Crippen LogP contribution in [0.15, 0.2) is 59.4 Å². The molecule has 0 aliphatic heterocycles. The van der Waals surface area contributed by atoms with Crippen molar-refractivity contribution in [2.24, 2.45) is 0 Å². The number of hydrogen-bond donors (Lipinski definition) is 0. The molecule has 2 rings (SSSR count). The van der Waals surface area contributed by atoms with Gasteiger partial charge in [-0.2, -0.15) is 0 Å². The smallest absolute Gasteiger partial charge is 0.341 e. The fourth-order valence-electron chi connectivity index (χ4n) is 2.13. The van der Waals surface area contributed by atoms with Crippen LogP contribution in [0.3, 0.4) is 0 Å². The highest BCUT2D eigenvalue weighted by Gasteiger charge is 2.21. The third-order valence-corrected chi connectivity index (χ3v) is 3.19. The summed E-state index contributed by atoms with van der Waals surface area (Å²) in [7, 11) is 0. The third kappa shape index (κ3) is 3.81. The summed E-state index contributed by atoms with van der Waals surface area (Å²) >= 11 is 0.